The van der Waals surface area contributed by atoms with Crippen LogP contribution in [0.25, 0.3) is 0 Å². The molecule has 0 aromatic heterocycles. The Labute approximate surface area is 196 Å². The average Bonchev–Trinajstić information content (AvgIpc) is 3.28. The number of fused-ring (bicyclic) bond motifs is 1. The fraction of sp³-hybridized carbons (Fsp3) is 0.500. The molecule has 2 saturated carbocycles. The van der Waals surface area contributed by atoms with E-state index in [-0.39, 0.29) is 30.1 Å². The molecular weight excluding hydrogens is 412 g/mol. The molecule has 0 spiro atoms. The third kappa shape index (κ3) is 4.62. The highest BCUT2D eigenvalue weighted by molar-refractivity contribution is 6.02. The number of hydrogen-bond donors (Lipinski definition) is 2. The third-order valence-corrected chi connectivity index (χ3v) is 8.00. The molecule has 5 rings (SSSR count). The van der Waals surface area contributed by atoms with Gasteiger partial charge in [-0.05, 0) is 41.7 Å². The number of Topliss-reactive ketones (excluding diaryl/α,β-unsaturated/α-hetero) is 1. The Morgan fingerprint density at radius 3 is 2.15 bits per heavy atom. The second-order valence-corrected chi connectivity index (χ2v) is 10.2. The molecule has 0 bridgehead atoms. The summed E-state index contributed by atoms with van der Waals surface area (Å²) in [5.41, 5.74) is 0.354. The summed E-state index contributed by atoms with van der Waals surface area (Å²) in [5.74, 6) is 0.202. The van der Waals surface area contributed by atoms with Crippen LogP contribution >= 0.6 is 0 Å². The van der Waals surface area contributed by atoms with Crippen LogP contribution in [0, 0.1) is 17.8 Å². The van der Waals surface area contributed by atoms with E-state index in [4.69, 9.17) is 0 Å². The van der Waals surface area contributed by atoms with Crippen molar-refractivity contribution in [2.45, 2.75) is 56.7 Å². The molecule has 3 atom stereocenters. The van der Waals surface area contributed by atoms with Crippen molar-refractivity contribution in [3.63, 3.8) is 0 Å². The van der Waals surface area contributed by atoms with Crippen molar-refractivity contribution >= 4 is 11.7 Å². The first-order valence-electron chi connectivity index (χ1n) is 12.4. The molecule has 1 saturated heterocycles. The van der Waals surface area contributed by atoms with Crippen LogP contribution in [-0.2, 0) is 21.7 Å². The van der Waals surface area contributed by atoms with Gasteiger partial charge < -0.3 is 10.4 Å². The Balaban J connectivity index is 1.17. The van der Waals surface area contributed by atoms with Crippen LogP contribution in [0.1, 0.15) is 49.7 Å². The molecule has 3 aliphatic rings. The first-order chi connectivity index (χ1) is 16.1. The summed E-state index contributed by atoms with van der Waals surface area (Å²) in [7, 11) is 0. The molecule has 1 amide bonds. The largest absolute Gasteiger partial charge is 0.377 e. The lowest BCUT2D eigenvalue weighted by atomic mass is 9.70. The summed E-state index contributed by atoms with van der Waals surface area (Å²) in [6.45, 7) is 2.90. The van der Waals surface area contributed by atoms with Gasteiger partial charge in [0.1, 0.15) is 0 Å². The predicted molar refractivity (Wildman–Crippen MR) is 127 cm³/mol. The van der Waals surface area contributed by atoms with E-state index in [1.54, 1.807) is 0 Å². The van der Waals surface area contributed by atoms with Crippen molar-refractivity contribution in [3.8, 4) is 0 Å². The van der Waals surface area contributed by atoms with E-state index in [1.807, 2.05) is 36.4 Å². The van der Waals surface area contributed by atoms with Gasteiger partial charge in [-0.1, -0.05) is 79.9 Å². The standard InChI is InChI=1S/C28H34N2O3/c31-25(28(33,21-12-6-2-7-13-21)22-14-8-3-9-15-22)16-26(32)29-27-23-18-30(19-24(23)27)17-20-10-4-1-5-11-20/h1-2,4-7,10-13,22-24,27,33H,3,8-9,14-19H2,(H,29,32). The molecule has 0 radical (unpaired) electrons. The van der Waals surface area contributed by atoms with Crippen LogP contribution in [0.3, 0.4) is 0 Å². The molecule has 2 aromatic carbocycles. The SMILES string of the molecule is O=C(CC(=O)C(O)(c1ccccc1)C1CCCCC1)NC1C2CN(Cc3ccccc3)CC21. The fourth-order valence-electron chi connectivity index (χ4n) is 6.15. The normalized spacial score (nSPS) is 26.9. The first kappa shape index (κ1) is 22.3. The van der Waals surface area contributed by atoms with Gasteiger partial charge >= 0.3 is 0 Å². The lowest BCUT2D eigenvalue weighted by Gasteiger charge is -2.37. The molecule has 174 valence electrons. The van der Waals surface area contributed by atoms with E-state index in [0.717, 1.165) is 51.7 Å². The van der Waals surface area contributed by atoms with E-state index < -0.39 is 5.60 Å². The molecule has 2 aliphatic carbocycles. The second-order valence-electron chi connectivity index (χ2n) is 10.2. The number of carbonyl (C=O) groups excluding carboxylic acids is 2. The highest BCUT2D eigenvalue weighted by Crippen LogP contribution is 2.46. The lowest BCUT2D eigenvalue weighted by Crippen LogP contribution is -2.46. The molecule has 2 N–H and O–H groups in total. The fourth-order valence-corrected chi connectivity index (χ4v) is 6.15. The van der Waals surface area contributed by atoms with Crippen molar-refractivity contribution in [1.82, 2.24) is 10.2 Å². The number of rotatable bonds is 8. The number of nitrogens with one attached hydrogen (secondary N) is 1. The van der Waals surface area contributed by atoms with Gasteiger partial charge in [-0.15, -0.1) is 0 Å². The number of likely N-dealkylation sites (tertiary alicyclic amines) is 1. The number of benzene rings is 2. The Kier molecular flexibility index (Phi) is 6.35. The maximum Gasteiger partial charge on any atom is 0.227 e. The molecule has 2 aromatic rings. The number of nitrogens with zero attached hydrogens (tertiary/aromatic N) is 1. The maximum absolute atomic E-state index is 13.4. The Bertz CT molecular complexity index is 961. The molecule has 3 unspecified atom stereocenters. The quantitative estimate of drug-likeness (QED) is 0.607. The second kappa shape index (κ2) is 9.40. The number of hydrogen-bond acceptors (Lipinski definition) is 4. The van der Waals surface area contributed by atoms with Crippen LogP contribution in [0.2, 0.25) is 0 Å². The van der Waals surface area contributed by atoms with Gasteiger partial charge in [0, 0.05) is 25.7 Å². The third-order valence-electron chi connectivity index (χ3n) is 8.00. The molecule has 1 heterocycles. The molecule has 3 fully saturated rings. The van der Waals surface area contributed by atoms with Crippen LogP contribution in [0.15, 0.2) is 60.7 Å². The summed E-state index contributed by atoms with van der Waals surface area (Å²) in [5, 5.41) is 14.8. The van der Waals surface area contributed by atoms with E-state index in [2.05, 4.69) is 34.5 Å². The van der Waals surface area contributed by atoms with Crippen molar-refractivity contribution in [2.75, 3.05) is 13.1 Å². The van der Waals surface area contributed by atoms with E-state index >= 15 is 0 Å². The lowest BCUT2D eigenvalue weighted by molar-refractivity contribution is -0.149. The van der Waals surface area contributed by atoms with Crippen molar-refractivity contribution in [3.05, 3.63) is 71.8 Å². The minimum atomic E-state index is -1.58. The molecule has 1 aliphatic heterocycles. The van der Waals surface area contributed by atoms with Gasteiger partial charge in [0.05, 0.1) is 6.42 Å². The van der Waals surface area contributed by atoms with Gasteiger partial charge in [0.25, 0.3) is 0 Å². The molecular formula is C28H34N2O3. The van der Waals surface area contributed by atoms with E-state index in [9.17, 15) is 14.7 Å². The summed E-state index contributed by atoms with van der Waals surface area (Å²) in [6, 6.07) is 19.8. The number of piperidine rings is 1. The smallest absolute Gasteiger partial charge is 0.227 e. The van der Waals surface area contributed by atoms with Gasteiger partial charge in [-0.25, -0.2) is 0 Å². The summed E-state index contributed by atoms with van der Waals surface area (Å²) < 4.78 is 0. The van der Waals surface area contributed by atoms with E-state index in [0.29, 0.717) is 17.4 Å². The Morgan fingerprint density at radius 2 is 1.52 bits per heavy atom. The molecule has 5 heteroatoms. The Hall–Kier alpha value is -2.50. The zero-order valence-electron chi connectivity index (χ0n) is 19.2. The van der Waals surface area contributed by atoms with Crippen LogP contribution in [0.5, 0.6) is 0 Å². The molecule has 33 heavy (non-hydrogen) atoms. The van der Waals surface area contributed by atoms with Crippen molar-refractivity contribution in [1.29, 1.82) is 0 Å². The highest BCUT2D eigenvalue weighted by atomic mass is 16.3. The van der Waals surface area contributed by atoms with Crippen molar-refractivity contribution < 1.29 is 14.7 Å². The monoisotopic (exact) mass is 446 g/mol. The number of ketones is 1. The van der Waals surface area contributed by atoms with Crippen LogP contribution in [0.4, 0.5) is 0 Å². The number of amides is 1. The van der Waals surface area contributed by atoms with Gasteiger partial charge in [0.15, 0.2) is 11.4 Å². The minimum Gasteiger partial charge on any atom is -0.377 e. The van der Waals surface area contributed by atoms with Gasteiger partial charge in [0.2, 0.25) is 5.91 Å². The minimum absolute atomic E-state index is 0.124. The van der Waals surface area contributed by atoms with Gasteiger partial charge in [-0.3, -0.25) is 14.5 Å². The van der Waals surface area contributed by atoms with E-state index in [1.165, 1.54) is 5.56 Å². The highest BCUT2D eigenvalue weighted by Gasteiger charge is 2.56. The van der Waals surface area contributed by atoms with Gasteiger partial charge in [-0.2, -0.15) is 0 Å². The summed E-state index contributed by atoms with van der Waals surface area (Å²) in [4.78, 5) is 28.6. The number of carbonyl (C=O) groups is 2. The van der Waals surface area contributed by atoms with Crippen LogP contribution < -0.4 is 5.32 Å². The van der Waals surface area contributed by atoms with Crippen LogP contribution in [-0.4, -0.2) is 40.8 Å². The predicted octanol–water partition coefficient (Wildman–Crippen LogP) is 3.66. The number of aliphatic hydroxyl groups is 1. The maximum atomic E-state index is 13.4. The first-order valence-corrected chi connectivity index (χ1v) is 12.4. The van der Waals surface area contributed by atoms with Crippen molar-refractivity contribution in [2.24, 2.45) is 17.8 Å². The summed E-state index contributed by atoms with van der Waals surface area (Å²) >= 11 is 0. The topological polar surface area (TPSA) is 69.6 Å². The zero-order valence-corrected chi connectivity index (χ0v) is 19.2. The molecule has 5 nitrogen and oxygen atoms in total. The Morgan fingerprint density at radius 1 is 0.909 bits per heavy atom. The zero-order chi connectivity index (χ0) is 22.8. The summed E-state index contributed by atoms with van der Waals surface area (Å²) in [6.07, 6.45) is 4.56. The average molecular weight is 447 g/mol.